The molecule has 0 fully saturated rings. The average molecular weight is 299 g/mol. The van der Waals surface area contributed by atoms with Gasteiger partial charge in [-0.05, 0) is 43.7 Å². The smallest absolute Gasteiger partial charge is 0.0739 e. The summed E-state index contributed by atoms with van der Waals surface area (Å²) in [5.41, 5.74) is 2.20. The van der Waals surface area contributed by atoms with E-state index in [0.717, 1.165) is 29.8 Å². The third kappa shape index (κ3) is 3.55. The van der Waals surface area contributed by atoms with Crippen molar-refractivity contribution in [1.82, 2.24) is 14.7 Å². The number of aryl methyl sites for hydroxylation is 2. The van der Waals surface area contributed by atoms with Gasteiger partial charge in [-0.2, -0.15) is 10.4 Å². The van der Waals surface area contributed by atoms with E-state index in [-0.39, 0.29) is 5.92 Å². The van der Waals surface area contributed by atoms with E-state index in [0.29, 0.717) is 0 Å². The molecule has 17 heavy (non-hydrogen) atoms. The molecule has 1 atom stereocenters. The molecule has 0 spiro atoms. The van der Waals surface area contributed by atoms with E-state index in [1.54, 1.807) is 0 Å². The first-order chi connectivity index (χ1) is 7.99. The van der Waals surface area contributed by atoms with Crippen LogP contribution in [0.15, 0.2) is 4.47 Å². The molecule has 1 unspecified atom stereocenters. The lowest BCUT2D eigenvalue weighted by atomic mass is 10.2. The van der Waals surface area contributed by atoms with E-state index in [4.69, 9.17) is 5.26 Å². The molecule has 0 aliphatic carbocycles. The molecule has 0 amide bonds. The fraction of sp³-hybridized carbons (Fsp3) is 0.667. The molecule has 0 aliphatic heterocycles. The van der Waals surface area contributed by atoms with Gasteiger partial charge >= 0.3 is 0 Å². The van der Waals surface area contributed by atoms with E-state index in [1.807, 2.05) is 25.6 Å². The molecule has 1 heterocycles. The van der Waals surface area contributed by atoms with Gasteiger partial charge in [-0.15, -0.1) is 0 Å². The number of halogens is 1. The van der Waals surface area contributed by atoms with E-state index in [1.165, 1.54) is 5.69 Å². The third-order valence-electron chi connectivity index (χ3n) is 2.68. The van der Waals surface area contributed by atoms with Crippen LogP contribution in [-0.4, -0.2) is 28.3 Å². The Labute approximate surface area is 111 Å². The summed E-state index contributed by atoms with van der Waals surface area (Å²) in [7, 11) is 2.03. The zero-order valence-electron chi connectivity index (χ0n) is 10.9. The van der Waals surface area contributed by atoms with Gasteiger partial charge in [0.15, 0.2) is 0 Å². The lowest BCUT2D eigenvalue weighted by Gasteiger charge is -2.18. The highest BCUT2D eigenvalue weighted by Gasteiger charge is 2.14. The fourth-order valence-corrected chi connectivity index (χ4v) is 2.26. The van der Waals surface area contributed by atoms with E-state index in [2.05, 4.69) is 38.9 Å². The van der Waals surface area contributed by atoms with Gasteiger partial charge in [0.25, 0.3) is 0 Å². The molecular formula is C12H19BrN4. The third-order valence-corrected chi connectivity index (χ3v) is 3.71. The van der Waals surface area contributed by atoms with Crippen molar-refractivity contribution in [3.8, 4) is 6.07 Å². The first-order valence-electron chi connectivity index (χ1n) is 5.79. The molecule has 0 bridgehead atoms. The lowest BCUT2D eigenvalue weighted by molar-refractivity contribution is 0.293. The van der Waals surface area contributed by atoms with Gasteiger partial charge < -0.3 is 0 Å². The van der Waals surface area contributed by atoms with E-state index < -0.39 is 0 Å². The van der Waals surface area contributed by atoms with Crippen LogP contribution < -0.4 is 0 Å². The maximum Gasteiger partial charge on any atom is 0.0739 e. The summed E-state index contributed by atoms with van der Waals surface area (Å²) in [6.07, 6.45) is 0. The molecule has 0 N–H and O–H groups in total. The number of hydrogen-bond acceptors (Lipinski definition) is 3. The maximum atomic E-state index is 8.81. The van der Waals surface area contributed by atoms with Crippen molar-refractivity contribution in [2.24, 2.45) is 5.92 Å². The first kappa shape index (κ1) is 14.2. The molecule has 0 radical (unpaired) electrons. The second-order valence-corrected chi connectivity index (χ2v) is 5.18. The highest BCUT2D eigenvalue weighted by Crippen LogP contribution is 2.22. The van der Waals surface area contributed by atoms with Crippen LogP contribution in [0.25, 0.3) is 0 Å². The van der Waals surface area contributed by atoms with Crippen LogP contribution in [0, 0.1) is 24.2 Å². The summed E-state index contributed by atoms with van der Waals surface area (Å²) >= 11 is 3.58. The molecular weight excluding hydrogens is 280 g/mol. The van der Waals surface area contributed by atoms with Gasteiger partial charge in [-0.1, -0.05) is 0 Å². The first-order valence-corrected chi connectivity index (χ1v) is 6.58. The number of aromatic nitrogens is 2. The number of nitrogens with zero attached hydrogens (tertiary/aromatic N) is 4. The number of rotatable bonds is 5. The summed E-state index contributed by atoms with van der Waals surface area (Å²) in [6, 6.07) is 2.25. The second kappa shape index (κ2) is 6.18. The summed E-state index contributed by atoms with van der Waals surface area (Å²) < 4.78 is 3.09. The minimum absolute atomic E-state index is 0.0536. The van der Waals surface area contributed by atoms with Crippen LogP contribution in [0.3, 0.4) is 0 Å². The SMILES string of the molecule is CCn1nc(C)c(Br)c1CN(C)CC(C)C#N. The fourth-order valence-electron chi connectivity index (χ4n) is 1.85. The highest BCUT2D eigenvalue weighted by molar-refractivity contribution is 9.10. The molecule has 1 rings (SSSR count). The Morgan fingerprint density at radius 3 is 2.76 bits per heavy atom. The highest BCUT2D eigenvalue weighted by atomic mass is 79.9. The predicted octanol–water partition coefficient (Wildman–Crippen LogP) is 2.57. The normalized spacial score (nSPS) is 12.8. The number of hydrogen-bond donors (Lipinski definition) is 0. The van der Waals surface area contributed by atoms with Crippen LogP contribution in [0.5, 0.6) is 0 Å². The quantitative estimate of drug-likeness (QED) is 0.839. The van der Waals surface area contributed by atoms with Gasteiger partial charge in [0.2, 0.25) is 0 Å². The van der Waals surface area contributed by atoms with Crippen molar-refractivity contribution < 1.29 is 0 Å². The predicted molar refractivity (Wildman–Crippen MR) is 71.4 cm³/mol. The van der Waals surface area contributed by atoms with Crippen LogP contribution >= 0.6 is 15.9 Å². The zero-order chi connectivity index (χ0) is 13.0. The molecule has 0 saturated heterocycles. The Morgan fingerprint density at radius 1 is 1.59 bits per heavy atom. The van der Waals surface area contributed by atoms with Crippen molar-refractivity contribution in [2.75, 3.05) is 13.6 Å². The van der Waals surface area contributed by atoms with Crippen LogP contribution in [0.1, 0.15) is 25.2 Å². The Morgan fingerprint density at radius 2 is 2.24 bits per heavy atom. The van der Waals surface area contributed by atoms with Gasteiger partial charge in [-0.3, -0.25) is 9.58 Å². The van der Waals surface area contributed by atoms with Crippen LogP contribution in [0.2, 0.25) is 0 Å². The van der Waals surface area contributed by atoms with Gasteiger partial charge in [0.05, 0.1) is 27.8 Å². The summed E-state index contributed by atoms with van der Waals surface area (Å²) in [5, 5.41) is 13.3. The molecule has 1 aromatic heterocycles. The van der Waals surface area contributed by atoms with E-state index in [9.17, 15) is 0 Å². The summed E-state index contributed by atoms with van der Waals surface area (Å²) in [5.74, 6) is 0.0536. The molecule has 4 nitrogen and oxygen atoms in total. The van der Waals surface area contributed by atoms with Crippen molar-refractivity contribution in [3.05, 3.63) is 15.9 Å². The standard InChI is InChI=1S/C12H19BrN4/c1-5-17-11(12(13)10(3)15-17)8-16(4)7-9(2)6-14/h9H,5,7-8H2,1-4H3. The number of nitriles is 1. The minimum Gasteiger partial charge on any atom is -0.299 e. The van der Waals surface area contributed by atoms with E-state index >= 15 is 0 Å². The zero-order valence-corrected chi connectivity index (χ0v) is 12.5. The summed E-state index contributed by atoms with van der Waals surface area (Å²) in [4.78, 5) is 2.15. The molecule has 1 aromatic rings. The molecule has 0 aromatic carbocycles. The molecule has 94 valence electrons. The summed E-state index contributed by atoms with van der Waals surface area (Å²) in [6.45, 7) is 8.47. The maximum absolute atomic E-state index is 8.81. The Balaban J connectivity index is 2.77. The Bertz CT molecular complexity index is 419. The Kier molecular flexibility index (Phi) is 5.16. The monoisotopic (exact) mass is 298 g/mol. The molecule has 5 heteroatoms. The van der Waals surface area contributed by atoms with Gasteiger partial charge in [0, 0.05) is 19.6 Å². The lowest BCUT2D eigenvalue weighted by Crippen LogP contribution is -2.25. The minimum atomic E-state index is 0.0536. The molecule has 0 aliphatic rings. The largest absolute Gasteiger partial charge is 0.299 e. The van der Waals surface area contributed by atoms with Crippen LogP contribution in [0.4, 0.5) is 0 Å². The van der Waals surface area contributed by atoms with Crippen LogP contribution in [-0.2, 0) is 13.1 Å². The average Bonchev–Trinajstić information content (AvgIpc) is 2.56. The van der Waals surface area contributed by atoms with Crippen molar-refractivity contribution in [3.63, 3.8) is 0 Å². The molecule has 0 saturated carbocycles. The second-order valence-electron chi connectivity index (χ2n) is 4.39. The topological polar surface area (TPSA) is 44.9 Å². The van der Waals surface area contributed by atoms with Crippen molar-refractivity contribution >= 4 is 15.9 Å². The van der Waals surface area contributed by atoms with Gasteiger partial charge in [-0.25, -0.2) is 0 Å². The van der Waals surface area contributed by atoms with Crippen molar-refractivity contribution in [2.45, 2.75) is 33.9 Å². The Hall–Kier alpha value is -0.860. The van der Waals surface area contributed by atoms with Crippen molar-refractivity contribution in [1.29, 1.82) is 5.26 Å². The van der Waals surface area contributed by atoms with Gasteiger partial charge in [0.1, 0.15) is 0 Å².